The first-order valence-electron chi connectivity index (χ1n) is 8.82. The van der Waals surface area contributed by atoms with Crippen LogP contribution in [0.15, 0.2) is 36.4 Å². The number of amides is 1. The van der Waals surface area contributed by atoms with Gasteiger partial charge in [0.1, 0.15) is 0 Å². The molecule has 0 aromatic heterocycles. The summed E-state index contributed by atoms with van der Waals surface area (Å²) in [4.78, 5) is 17.3. The summed E-state index contributed by atoms with van der Waals surface area (Å²) >= 11 is 12.0. The topological polar surface area (TPSA) is 35.6 Å². The Morgan fingerprint density at radius 1 is 1.08 bits per heavy atom. The summed E-state index contributed by atoms with van der Waals surface area (Å²) in [7, 11) is 0. The lowest BCUT2D eigenvalue weighted by Gasteiger charge is -2.35. The number of halogens is 2. The molecule has 2 aromatic carbocycles. The van der Waals surface area contributed by atoms with E-state index in [0.717, 1.165) is 44.0 Å². The second-order valence-electron chi connectivity index (χ2n) is 6.50. The number of anilines is 2. The van der Waals surface area contributed by atoms with E-state index in [1.165, 1.54) is 5.69 Å². The van der Waals surface area contributed by atoms with Crippen molar-refractivity contribution in [1.29, 1.82) is 0 Å². The van der Waals surface area contributed by atoms with Crippen molar-refractivity contribution in [2.45, 2.75) is 13.8 Å². The average Bonchev–Trinajstić information content (AvgIpc) is 2.63. The summed E-state index contributed by atoms with van der Waals surface area (Å²) in [6.45, 7) is 9.53. The number of hydrogen-bond donors (Lipinski definition) is 1. The van der Waals surface area contributed by atoms with Crippen molar-refractivity contribution in [3.8, 4) is 0 Å². The van der Waals surface area contributed by atoms with Crippen LogP contribution >= 0.6 is 23.2 Å². The molecule has 0 atom stereocenters. The van der Waals surface area contributed by atoms with E-state index >= 15 is 0 Å². The smallest absolute Gasteiger partial charge is 0.257 e. The van der Waals surface area contributed by atoms with Crippen molar-refractivity contribution in [2.75, 3.05) is 42.9 Å². The lowest BCUT2D eigenvalue weighted by Crippen LogP contribution is -2.46. The van der Waals surface area contributed by atoms with E-state index in [4.69, 9.17) is 23.2 Å². The number of benzene rings is 2. The SMILES string of the molecule is CCN1CCN(c2ccc(NC(=O)c3ccc(Cl)cc3Cl)c(C)c2)CC1. The van der Waals surface area contributed by atoms with Gasteiger partial charge >= 0.3 is 0 Å². The molecule has 1 aliphatic heterocycles. The number of carbonyl (C=O) groups excluding carboxylic acids is 1. The third-order valence-electron chi connectivity index (χ3n) is 4.82. The van der Waals surface area contributed by atoms with Gasteiger partial charge in [-0.05, 0) is 55.4 Å². The number of piperazine rings is 1. The van der Waals surface area contributed by atoms with Gasteiger partial charge in [0.05, 0.1) is 10.6 Å². The molecule has 6 heteroatoms. The van der Waals surface area contributed by atoms with E-state index in [9.17, 15) is 4.79 Å². The number of carbonyl (C=O) groups is 1. The Morgan fingerprint density at radius 3 is 2.42 bits per heavy atom. The maximum absolute atomic E-state index is 12.5. The van der Waals surface area contributed by atoms with Crippen LogP contribution in [0, 0.1) is 6.92 Å². The van der Waals surface area contributed by atoms with Gasteiger partial charge in [-0.3, -0.25) is 4.79 Å². The van der Waals surface area contributed by atoms with E-state index in [1.54, 1.807) is 18.2 Å². The third-order valence-corrected chi connectivity index (χ3v) is 5.37. The fourth-order valence-corrected chi connectivity index (χ4v) is 3.66. The zero-order valence-corrected chi connectivity index (χ0v) is 16.6. The van der Waals surface area contributed by atoms with E-state index < -0.39 is 0 Å². The van der Waals surface area contributed by atoms with E-state index in [0.29, 0.717) is 15.6 Å². The van der Waals surface area contributed by atoms with Gasteiger partial charge in [0.15, 0.2) is 0 Å². The lowest BCUT2D eigenvalue weighted by atomic mass is 10.1. The minimum atomic E-state index is -0.237. The molecule has 1 aliphatic rings. The normalized spacial score (nSPS) is 15.2. The molecular formula is C20H23Cl2N3O. The van der Waals surface area contributed by atoms with Crippen LogP contribution in [-0.4, -0.2) is 43.5 Å². The van der Waals surface area contributed by atoms with Crippen LogP contribution < -0.4 is 10.2 Å². The van der Waals surface area contributed by atoms with Crippen molar-refractivity contribution >= 4 is 40.5 Å². The Kier molecular flexibility index (Phi) is 6.07. The molecule has 1 N–H and O–H groups in total. The van der Waals surface area contributed by atoms with Crippen LogP contribution in [0.4, 0.5) is 11.4 Å². The Bertz CT molecular complexity index is 802. The molecule has 4 nitrogen and oxygen atoms in total. The van der Waals surface area contributed by atoms with Gasteiger partial charge in [-0.25, -0.2) is 0 Å². The summed E-state index contributed by atoms with van der Waals surface area (Å²) in [6.07, 6.45) is 0. The Balaban J connectivity index is 1.71. The van der Waals surface area contributed by atoms with Gasteiger partial charge < -0.3 is 15.1 Å². The van der Waals surface area contributed by atoms with Gasteiger partial charge in [-0.2, -0.15) is 0 Å². The van der Waals surface area contributed by atoms with Crippen molar-refractivity contribution in [1.82, 2.24) is 4.90 Å². The fraction of sp³-hybridized carbons (Fsp3) is 0.350. The van der Waals surface area contributed by atoms with Crippen LogP contribution in [0.5, 0.6) is 0 Å². The minimum absolute atomic E-state index is 0.237. The molecule has 1 amide bonds. The lowest BCUT2D eigenvalue weighted by molar-refractivity contribution is 0.102. The molecule has 3 rings (SSSR count). The molecule has 1 fully saturated rings. The minimum Gasteiger partial charge on any atom is -0.369 e. The van der Waals surface area contributed by atoms with Gasteiger partial charge in [0, 0.05) is 42.6 Å². The molecule has 26 heavy (non-hydrogen) atoms. The molecule has 0 spiro atoms. The highest BCUT2D eigenvalue weighted by Crippen LogP contribution is 2.26. The number of aryl methyl sites for hydroxylation is 1. The molecule has 0 radical (unpaired) electrons. The highest BCUT2D eigenvalue weighted by Gasteiger charge is 2.17. The summed E-state index contributed by atoms with van der Waals surface area (Å²) in [5.74, 6) is -0.237. The molecule has 0 saturated carbocycles. The number of nitrogens with zero attached hydrogens (tertiary/aromatic N) is 2. The largest absolute Gasteiger partial charge is 0.369 e. The summed E-state index contributed by atoms with van der Waals surface area (Å²) in [6, 6.07) is 11.0. The average molecular weight is 392 g/mol. The monoisotopic (exact) mass is 391 g/mol. The van der Waals surface area contributed by atoms with Crippen LogP contribution in [0.3, 0.4) is 0 Å². The summed E-state index contributed by atoms with van der Waals surface area (Å²) < 4.78 is 0. The molecule has 0 unspecified atom stereocenters. The van der Waals surface area contributed by atoms with Crippen molar-refractivity contribution < 1.29 is 4.79 Å². The second-order valence-corrected chi connectivity index (χ2v) is 7.34. The van der Waals surface area contributed by atoms with Gasteiger partial charge in [0.2, 0.25) is 0 Å². The van der Waals surface area contributed by atoms with Gasteiger partial charge in [0.25, 0.3) is 5.91 Å². The van der Waals surface area contributed by atoms with E-state index in [-0.39, 0.29) is 5.91 Å². The molecule has 138 valence electrons. The predicted octanol–water partition coefficient (Wildman–Crippen LogP) is 4.70. The van der Waals surface area contributed by atoms with Crippen molar-refractivity contribution in [3.05, 3.63) is 57.6 Å². The zero-order valence-electron chi connectivity index (χ0n) is 15.1. The quantitative estimate of drug-likeness (QED) is 0.820. The van der Waals surface area contributed by atoms with Crippen LogP contribution in [0.25, 0.3) is 0 Å². The second kappa shape index (κ2) is 8.30. The van der Waals surface area contributed by atoms with E-state index in [1.807, 2.05) is 13.0 Å². The van der Waals surface area contributed by atoms with Gasteiger partial charge in [-0.1, -0.05) is 30.1 Å². The maximum Gasteiger partial charge on any atom is 0.257 e. The highest BCUT2D eigenvalue weighted by molar-refractivity contribution is 6.37. The standard InChI is InChI=1S/C20H23Cl2N3O/c1-3-24-8-10-25(11-9-24)16-5-7-19(14(2)12-16)23-20(26)17-6-4-15(21)13-18(17)22/h4-7,12-13H,3,8-11H2,1-2H3,(H,23,26). The molecule has 1 heterocycles. The molecule has 2 aromatic rings. The number of rotatable bonds is 4. The Labute approximate surface area is 164 Å². The summed E-state index contributed by atoms with van der Waals surface area (Å²) in [5.41, 5.74) is 3.42. The third kappa shape index (κ3) is 4.32. The maximum atomic E-state index is 12.5. The number of nitrogens with one attached hydrogen (secondary N) is 1. The van der Waals surface area contributed by atoms with Crippen molar-refractivity contribution in [2.24, 2.45) is 0 Å². The van der Waals surface area contributed by atoms with E-state index in [2.05, 4.69) is 34.2 Å². The molecule has 0 aliphatic carbocycles. The molecular weight excluding hydrogens is 369 g/mol. The highest BCUT2D eigenvalue weighted by atomic mass is 35.5. The number of hydrogen-bond acceptors (Lipinski definition) is 3. The predicted molar refractivity (Wildman–Crippen MR) is 110 cm³/mol. The van der Waals surface area contributed by atoms with Crippen LogP contribution in [-0.2, 0) is 0 Å². The molecule has 1 saturated heterocycles. The first-order chi connectivity index (χ1) is 12.5. The zero-order chi connectivity index (χ0) is 18.7. The van der Waals surface area contributed by atoms with Crippen LogP contribution in [0.1, 0.15) is 22.8 Å². The van der Waals surface area contributed by atoms with Gasteiger partial charge in [-0.15, -0.1) is 0 Å². The summed E-state index contributed by atoms with van der Waals surface area (Å²) in [5, 5.41) is 3.79. The van der Waals surface area contributed by atoms with Crippen LogP contribution in [0.2, 0.25) is 10.0 Å². The number of likely N-dealkylation sites (N-methyl/N-ethyl adjacent to an activating group) is 1. The molecule has 0 bridgehead atoms. The first-order valence-corrected chi connectivity index (χ1v) is 9.58. The Morgan fingerprint density at radius 2 is 1.81 bits per heavy atom. The first kappa shape index (κ1) is 19.0. The fourth-order valence-electron chi connectivity index (χ4n) is 3.17. The Hall–Kier alpha value is -1.75. The van der Waals surface area contributed by atoms with Crippen molar-refractivity contribution in [3.63, 3.8) is 0 Å².